The van der Waals surface area contributed by atoms with Gasteiger partial charge in [0.15, 0.2) is 0 Å². The number of aliphatic hydroxyl groups is 2. The van der Waals surface area contributed by atoms with E-state index in [9.17, 15) is 4.79 Å². The summed E-state index contributed by atoms with van der Waals surface area (Å²) in [5.41, 5.74) is 0. The van der Waals surface area contributed by atoms with E-state index in [0.29, 0.717) is 0 Å². The molecule has 0 aromatic carbocycles. The number of rotatable bonds is 7. The van der Waals surface area contributed by atoms with E-state index in [4.69, 9.17) is 15.3 Å². The molecule has 0 aromatic heterocycles. The molecule has 4 nitrogen and oxygen atoms in total. The van der Waals surface area contributed by atoms with Crippen molar-refractivity contribution in [3.8, 4) is 0 Å². The van der Waals surface area contributed by atoms with Crippen LogP contribution in [0, 0.1) is 0 Å². The summed E-state index contributed by atoms with van der Waals surface area (Å²) >= 11 is 0. The summed E-state index contributed by atoms with van der Waals surface area (Å²) < 4.78 is 0. The molecule has 0 amide bonds. The molecule has 94 valence electrons. The predicted octanol–water partition coefficient (Wildman–Crippen LogP) is 1.73. The van der Waals surface area contributed by atoms with Crippen molar-refractivity contribution in [2.75, 3.05) is 13.2 Å². The molecule has 0 radical (unpaired) electrons. The largest absolute Gasteiger partial charge is 0.478 e. The van der Waals surface area contributed by atoms with Crippen molar-refractivity contribution < 1.29 is 20.1 Å². The Morgan fingerprint density at radius 1 is 1.00 bits per heavy atom. The van der Waals surface area contributed by atoms with Crippen LogP contribution in [0.15, 0.2) is 24.3 Å². The first-order chi connectivity index (χ1) is 7.68. The zero-order chi connectivity index (χ0) is 12.6. The lowest BCUT2D eigenvalue weighted by Gasteiger charge is -1.93. The smallest absolute Gasteiger partial charge is 0.328 e. The van der Waals surface area contributed by atoms with E-state index in [1.165, 1.54) is 6.08 Å². The first kappa shape index (κ1) is 17.3. The van der Waals surface area contributed by atoms with E-state index in [0.717, 1.165) is 31.8 Å². The van der Waals surface area contributed by atoms with Gasteiger partial charge in [-0.1, -0.05) is 31.1 Å². The number of hydrogen-bond acceptors (Lipinski definition) is 3. The zero-order valence-electron chi connectivity index (χ0n) is 9.80. The maximum Gasteiger partial charge on any atom is 0.328 e. The van der Waals surface area contributed by atoms with Crippen LogP contribution < -0.4 is 0 Å². The van der Waals surface area contributed by atoms with Gasteiger partial charge in [-0.3, -0.25) is 0 Å². The van der Waals surface area contributed by atoms with Crippen LogP contribution in [0.25, 0.3) is 0 Å². The Balaban J connectivity index is 0. The minimum atomic E-state index is -0.914. The number of carboxylic acids is 1. The maximum absolute atomic E-state index is 9.75. The van der Waals surface area contributed by atoms with Crippen LogP contribution in [0.2, 0.25) is 0 Å². The molecule has 0 aliphatic rings. The zero-order valence-corrected chi connectivity index (χ0v) is 9.80. The van der Waals surface area contributed by atoms with Crippen LogP contribution in [0.3, 0.4) is 0 Å². The number of aliphatic carboxylic acids is 1. The van der Waals surface area contributed by atoms with Gasteiger partial charge in [-0.15, -0.1) is 0 Å². The molecular weight excluding hydrogens is 208 g/mol. The second-order valence-corrected chi connectivity index (χ2v) is 3.08. The summed E-state index contributed by atoms with van der Waals surface area (Å²) in [7, 11) is 0. The van der Waals surface area contributed by atoms with Crippen molar-refractivity contribution in [1.29, 1.82) is 0 Å². The van der Waals surface area contributed by atoms with Crippen LogP contribution in [-0.4, -0.2) is 34.5 Å². The van der Waals surface area contributed by atoms with Gasteiger partial charge in [0.25, 0.3) is 0 Å². The average Bonchev–Trinajstić information content (AvgIpc) is 2.25. The molecule has 0 atom stereocenters. The minimum absolute atomic E-state index is 0.283. The monoisotopic (exact) mass is 230 g/mol. The van der Waals surface area contributed by atoms with Crippen molar-refractivity contribution >= 4 is 5.97 Å². The van der Waals surface area contributed by atoms with Gasteiger partial charge in [0.05, 0.1) is 0 Å². The van der Waals surface area contributed by atoms with Crippen molar-refractivity contribution in [1.82, 2.24) is 0 Å². The topological polar surface area (TPSA) is 77.8 Å². The highest BCUT2D eigenvalue weighted by atomic mass is 16.4. The molecule has 0 aliphatic carbocycles. The van der Waals surface area contributed by atoms with Gasteiger partial charge in [-0.25, -0.2) is 4.79 Å². The third kappa shape index (κ3) is 23.0. The first-order valence-electron chi connectivity index (χ1n) is 5.43. The van der Waals surface area contributed by atoms with Gasteiger partial charge in [0, 0.05) is 19.3 Å². The molecule has 0 unspecified atom stereocenters. The quantitative estimate of drug-likeness (QED) is 0.353. The van der Waals surface area contributed by atoms with Gasteiger partial charge < -0.3 is 15.3 Å². The van der Waals surface area contributed by atoms with Crippen LogP contribution in [0.4, 0.5) is 0 Å². The molecule has 3 N–H and O–H groups in total. The summed E-state index contributed by atoms with van der Waals surface area (Å²) in [6.45, 7) is 2.39. The number of allylic oxidation sites excluding steroid dienone is 3. The summed E-state index contributed by atoms with van der Waals surface area (Å²) in [6, 6.07) is 0. The molecule has 0 aliphatic heterocycles. The molecule has 4 heteroatoms. The standard InChI is InChI=1S/C6H8O2.C6H14O2/c1-2-3-4-5-6(7)8;7-5-3-1-2-4-6-8/h2-5H,1H3,(H,7,8);7-8H,1-6H2/b3-2+,5-4+;. The van der Waals surface area contributed by atoms with Crippen molar-refractivity contribution in [2.45, 2.75) is 32.6 Å². The fourth-order valence-electron chi connectivity index (χ4n) is 0.826. The Morgan fingerprint density at radius 3 is 1.81 bits per heavy atom. The van der Waals surface area contributed by atoms with E-state index < -0.39 is 5.97 Å². The SMILES string of the molecule is C/C=C/C=C/C(=O)O.OCCCCCCO. The van der Waals surface area contributed by atoms with Gasteiger partial charge in [0.2, 0.25) is 0 Å². The fraction of sp³-hybridized carbons (Fsp3) is 0.583. The van der Waals surface area contributed by atoms with Crippen LogP contribution >= 0.6 is 0 Å². The molecule has 0 rings (SSSR count). The van der Waals surface area contributed by atoms with Gasteiger partial charge >= 0.3 is 5.97 Å². The molecule has 0 fully saturated rings. The number of aliphatic hydroxyl groups excluding tert-OH is 2. The highest BCUT2D eigenvalue weighted by Gasteiger charge is 1.84. The molecule has 0 saturated heterocycles. The van der Waals surface area contributed by atoms with Gasteiger partial charge in [0.1, 0.15) is 0 Å². The third-order valence-electron chi connectivity index (χ3n) is 1.61. The summed E-state index contributed by atoms with van der Waals surface area (Å²) in [5.74, 6) is -0.914. The highest BCUT2D eigenvalue weighted by Crippen LogP contribution is 1.96. The fourth-order valence-corrected chi connectivity index (χ4v) is 0.826. The van der Waals surface area contributed by atoms with E-state index in [2.05, 4.69) is 0 Å². The molecule has 0 bridgehead atoms. The maximum atomic E-state index is 9.75. The predicted molar refractivity (Wildman–Crippen MR) is 64.2 cm³/mol. The normalized spacial score (nSPS) is 10.4. The summed E-state index contributed by atoms with van der Waals surface area (Å²) in [5, 5.41) is 24.6. The summed E-state index contributed by atoms with van der Waals surface area (Å²) in [4.78, 5) is 9.75. The van der Waals surface area contributed by atoms with Crippen molar-refractivity contribution in [3.05, 3.63) is 24.3 Å². The lowest BCUT2D eigenvalue weighted by molar-refractivity contribution is -0.131. The van der Waals surface area contributed by atoms with E-state index in [1.54, 1.807) is 12.2 Å². The highest BCUT2D eigenvalue weighted by molar-refractivity contribution is 5.80. The molecule has 16 heavy (non-hydrogen) atoms. The first-order valence-corrected chi connectivity index (χ1v) is 5.43. The van der Waals surface area contributed by atoms with Gasteiger partial charge in [-0.05, 0) is 19.8 Å². The molecule has 0 heterocycles. The Morgan fingerprint density at radius 2 is 1.50 bits per heavy atom. The van der Waals surface area contributed by atoms with Gasteiger partial charge in [-0.2, -0.15) is 0 Å². The van der Waals surface area contributed by atoms with E-state index >= 15 is 0 Å². The number of carbonyl (C=O) groups is 1. The second-order valence-electron chi connectivity index (χ2n) is 3.08. The lowest BCUT2D eigenvalue weighted by atomic mass is 10.2. The average molecular weight is 230 g/mol. The Kier molecular flexibility index (Phi) is 17.6. The van der Waals surface area contributed by atoms with Crippen molar-refractivity contribution in [3.63, 3.8) is 0 Å². The van der Waals surface area contributed by atoms with Crippen LogP contribution in [0.5, 0.6) is 0 Å². The molecular formula is C12H22O4. The number of hydrogen-bond donors (Lipinski definition) is 3. The third-order valence-corrected chi connectivity index (χ3v) is 1.61. The van der Waals surface area contributed by atoms with E-state index in [-0.39, 0.29) is 13.2 Å². The van der Waals surface area contributed by atoms with Crippen LogP contribution in [-0.2, 0) is 4.79 Å². The molecule has 0 spiro atoms. The molecule has 0 saturated carbocycles. The van der Waals surface area contributed by atoms with E-state index in [1.807, 2.05) is 6.92 Å². The Bertz CT molecular complexity index is 191. The Labute approximate surface area is 96.9 Å². The van der Waals surface area contributed by atoms with Crippen LogP contribution in [0.1, 0.15) is 32.6 Å². The minimum Gasteiger partial charge on any atom is -0.478 e. The molecule has 0 aromatic rings. The summed E-state index contributed by atoms with van der Waals surface area (Å²) in [6.07, 6.45) is 9.81. The van der Waals surface area contributed by atoms with Crippen molar-refractivity contribution in [2.24, 2.45) is 0 Å². The Hall–Kier alpha value is -1.13. The lowest BCUT2D eigenvalue weighted by Crippen LogP contribution is -1.85. The second kappa shape index (κ2) is 16.3. The number of carboxylic acid groups (broad SMARTS) is 1. The number of unbranched alkanes of at least 4 members (excludes halogenated alkanes) is 3.